The minimum Gasteiger partial charge on any atom is -0.345 e. The van der Waals surface area contributed by atoms with Gasteiger partial charge in [0.2, 0.25) is 5.91 Å². The third kappa shape index (κ3) is 2.93. The van der Waals surface area contributed by atoms with Crippen LogP contribution >= 0.6 is 0 Å². The number of carbonyl (C=O) groups excluding carboxylic acids is 1. The lowest BCUT2D eigenvalue weighted by atomic mass is 10.0. The molecule has 0 saturated heterocycles. The molecule has 1 aromatic carbocycles. The second kappa shape index (κ2) is 5.40. The Morgan fingerprint density at radius 2 is 2.00 bits per heavy atom. The van der Waals surface area contributed by atoms with Crippen LogP contribution in [0.25, 0.3) is 11.0 Å². The number of aromatic amines is 1. The number of fused-ring (bicyclic) bond motifs is 1. The number of para-hydroxylation sites is 2. The molecule has 0 fully saturated rings. The smallest absolute Gasteiger partial charge is 0.237 e. The number of imidazole rings is 1. The second-order valence-electron chi connectivity index (χ2n) is 5.16. The largest absolute Gasteiger partial charge is 0.345 e. The summed E-state index contributed by atoms with van der Waals surface area (Å²) in [4.78, 5) is 19.6. The van der Waals surface area contributed by atoms with Gasteiger partial charge >= 0.3 is 0 Å². The van der Waals surface area contributed by atoms with Crippen molar-refractivity contribution in [1.29, 1.82) is 0 Å². The van der Waals surface area contributed by atoms with E-state index in [0.717, 1.165) is 16.9 Å². The van der Waals surface area contributed by atoms with Gasteiger partial charge < -0.3 is 16.0 Å². The van der Waals surface area contributed by atoms with Crippen LogP contribution in [-0.4, -0.2) is 21.9 Å². The fraction of sp³-hybridized carbons (Fsp3) is 0.429. The third-order valence-electron chi connectivity index (χ3n) is 3.08. The fourth-order valence-corrected chi connectivity index (χ4v) is 1.96. The van der Waals surface area contributed by atoms with E-state index in [9.17, 15) is 4.79 Å². The number of hydrogen-bond acceptors (Lipinski definition) is 3. The first-order valence-electron chi connectivity index (χ1n) is 6.49. The number of rotatable bonds is 4. The van der Waals surface area contributed by atoms with Crippen LogP contribution in [0.3, 0.4) is 0 Å². The van der Waals surface area contributed by atoms with Crippen molar-refractivity contribution in [3.63, 3.8) is 0 Å². The van der Waals surface area contributed by atoms with Crippen molar-refractivity contribution < 1.29 is 4.79 Å². The summed E-state index contributed by atoms with van der Waals surface area (Å²) in [5, 5.41) is 2.94. The molecule has 0 aliphatic heterocycles. The van der Waals surface area contributed by atoms with Crippen molar-refractivity contribution in [3.8, 4) is 0 Å². The lowest BCUT2D eigenvalue weighted by molar-refractivity contribution is -0.123. The Morgan fingerprint density at radius 3 is 2.58 bits per heavy atom. The standard InChI is InChI=1S/C14H20N4O/c1-8(2)12(18-14(19)9(3)15)13-16-10-6-4-5-7-11(10)17-13/h4-9,12H,15H2,1-3H3,(H,16,17)(H,18,19)/t9-,12?/m0/s1. The van der Waals surface area contributed by atoms with Gasteiger partial charge in [0.1, 0.15) is 5.82 Å². The maximum atomic E-state index is 11.8. The number of nitrogens with two attached hydrogens (primary N) is 1. The summed E-state index contributed by atoms with van der Waals surface area (Å²) in [6, 6.07) is 7.13. The van der Waals surface area contributed by atoms with Crippen LogP contribution < -0.4 is 11.1 Å². The van der Waals surface area contributed by atoms with E-state index >= 15 is 0 Å². The van der Waals surface area contributed by atoms with E-state index in [4.69, 9.17) is 5.73 Å². The zero-order chi connectivity index (χ0) is 14.0. The highest BCUT2D eigenvalue weighted by Crippen LogP contribution is 2.22. The lowest BCUT2D eigenvalue weighted by Crippen LogP contribution is -2.42. The summed E-state index contributed by atoms with van der Waals surface area (Å²) < 4.78 is 0. The van der Waals surface area contributed by atoms with E-state index in [-0.39, 0.29) is 17.9 Å². The summed E-state index contributed by atoms with van der Waals surface area (Å²) >= 11 is 0. The van der Waals surface area contributed by atoms with Gasteiger partial charge in [0.05, 0.1) is 23.1 Å². The summed E-state index contributed by atoms with van der Waals surface area (Å²) in [5.74, 6) is 0.826. The van der Waals surface area contributed by atoms with Gasteiger partial charge in [-0.05, 0) is 25.0 Å². The minimum absolute atomic E-state index is 0.161. The molecule has 1 unspecified atom stereocenters. The van der Waals surface area contributed by atoms with Gasteiger partial charge in [0.25, 0.3) is 0 Å². The molecule has 0 aliphatic carbocycles. The van der Waals surface area contributed by atoms with Crippen molar-refractivity contribution in [2.24, 2.45) is 11.7 Å². The summed E-state index contributed by atoms with van der Waals surface area (Å²) in [7, 11) is 0. The van der Waals surface area contributed by atoms with Gasteiger partial charge in [0.15, 0.2) is 0 Å². The zero-order valence-electron chi connectivity index (χ0n) is 11.5. The molecule has 1 heterocycles. The SMILES string of the molecule is CC(C)C(NC(=O)[C@H](C)N)c1nc2ccccc2[nH]1. The molecule has 19 heavy (non-hydrogen) atoms. The van der Waals surface area contributed by atoms with Crippen LogP contribution in [-0.2, 0) is 4.79 Å². The minimum atomic E-state index is -0.523. The Bertz CT molecular complexity index is 541. The Kier molecular flexibility index (Phi) is 3.85. The van der Waals surface area contributed by atoms with Gasteiger partial charge in [-0.3, -0.25) is 4.79 Å². The summed E-state index contributed by atoms with van der Waals surface area (Å²) in [5.41, 5.74) is 7.47. The molecule has 2 aromatic rings. The van der Waals surface area contributed by atoms with Gasteiger partial charge in [0, 0.05) is 0 Å². The molecule has 0 spiro atoms. The summed E-state index contributed by atoms with van der Waals surface area (Å²) in [6.07, 6.45) is 0. The quantitative estimate of drug-likeness (QED) is 0.782. The average Bonchev–Trinajstić information content (AvgIpc) is 2.78. The molecule has 0 saturated carbocycles. The number of nitrogens with zero attached hydrogens (tertiary/aromatic N) is 1. The molecule has 0 bridgehead atoms. The van der Waals surface area contributed by atoms with E-state index in [1.54, 1.807) is 6.92 Å². The first-order valence-corrected chi connectivity index (χ1v) is 6.49. The van der Waals surface area contributed by atoms with Crippen molar-refractivity contribution >= 4 is 16.9 Å². The van der Waals surface area contributed by atoms with Crippen LogP contribution in [0, 0.1) is 5.92 Å². The average molecular weight is 260 g/mol. The predicted molar refractivity (Wildman–Crippen MR) is 75.5 cm³/mol. The lowest BCUT2D eigenvalue weighted by Gasteiger charge is -2.21. The van der Waals surface area contributed by atoms with E-state index in [2.05, 4.69) is 15.3 Å². The van der Waals surface area contributed by atoms with Crippen LogP contribution in [0.5, 0.6) is 0 Å². The zero-order valence-corrected chi connectivity index (χ0v) is 11.5. The van der Waals surface area contributed by atoms with Crippen LogP contribution in [0.15, 0.2) is 24.3 Å². The monoisotopic (exact) mass is 260 g/mol. The predicted octanol–water partition coefficient (Wildman–Crippen LogP) is 1.72. The molecule has 2 rings (SSSR count). The van der Waals surface area contributed by atoms with Gasteiger partial charge in [-0.2, -0.15) is 0 Å². The van der Waals surface area contributed by atoms with E-state index in [1.165, 1.54) is 0 Å². The first-order chi connectivity index (χ1) is 8.99. The molecule has 102 valence electrons. The van der Waals surface area contributed by atoms with Crippen LogP contribution in [0.4, 0.5) is 0 Å². The maximum absolute atomic E-state index is 11.8. The number of H-pyrrole nitrogens is 1. The number of aromatic nitrogens is 2. The highest BCUT2D eigenvalue weighted by molar-refractivity contribution is 5.81. The van der Waals surface area contributed by atoms with Gasteiger partial charge in [-0.1, -0.05) is 26.0 Å². The number of nitrogens with one attached hydrogen (secondary N) is 2. The van der Waals surface area contributed by atoms with Gasteiger partial charge in [-0.15, -0.1) is 0 Å². The molecule has 0 radical (unpaired) electrons. The highest BCUT2D eigenvalue weighted by atomic mass is 16.2. The van der Waals surface area contributed by atoms with Gasteiger partial charge in [-0.25, -0.2) is 4.98 Å². The number of benzene rings is 1. The van der Waals surface area contributed by atoms with Crippen molar-refractivity contribution in [2.75, 3.05) is 0 Å². The van der Waals surface area contributed by atoms with E-state index in [0.29, 0.717) is 0 Å². The topological polar surface area (TPSA) is 83.8 Å². The molecular formula is C14H20N4O. The fourth-order valence-electron chi connectivity index (χ4n) is 1.96. The third-order valence-corrected chi connectivity index (χ3v) is 3.08. The van der Waals surface area contributed by atoms with E-state index < -0.39 is 6.04 Å². The number of carbonyl (C=O) groups is 1. The highest BCUT2D eigenvalue weighted by Gasteiger charge is 2.22. The Morgan fingerprint density at radius 1 is 1.32 bits per heavy atom. The molecule has 1 aromatic heterocycles. The first kappa shape index (κ1) is 13.5. The Labute approximate surface area is 112 Å². The second-order valence-corrected chi connectivity index (χ2v) is 5.16. The van der Waals surface area contributed by atoms with Crippen LogP contribution in [0.1, 0.15) is 32.6 Å². The molecule has 5 heteroatoms. The van der Waals surface area contributed by atoms with Crippen molar-refractivity contribution in [1.82, 2.24) is 15.3 Å². The molecular weight excluding hydrogens is 240 g/mol. The molecule has 4 N–H and O–H groups in total. The summed E-state index contributed by atoms with van der Waals surface area (Å²) in [6.45, 7) is 5.75. The molecule has 0 aliphatic rings. The number of amides is 1. The number of hydrogen-bond donors (Lipinski definition) is 3. The normalized spacial score (nSPS) is 14.6. The molecule has 1 amide bonds. The maximum Gasteiger partial charge on any atom is 0.237 e. The molecule has 2 atom stereocenters. The van der Waals surface area contributed by atoms with E-state index in [1.807, 2.05) is 38.1 Å². The Balaban J connectivity index is 2.30. The van der Waals surface area contributed by atoms with Crippen molar-refractivity contribution in [2.45, 2.75) is 32.9 Å². The molecule has 5 nitrogen and oxygen atoms in total. The Hall–Kier alpha value is -1.88. The van der Waals surface area contributed by atoms with Crippen molar-refractivity contribution in [3.05, 3.63) is 30.1 Å². The van der Waals surface area contributed by atoms with Crippen LogP contribution in [0.2, 0.25) is 0 Å².